The van der Waals surface area contributed by atoms with Gasteiger partial charge in [0.15, 0.2) is 5.82 Å². The standard InChI is InChI=1S/C16H20ClN3O/c1-16(2,3)12-9-13(18-4)20-15(19-12)14-10(17)7-6-8-11(14)21-5/h6-9H,1-5H3,(H,18,19,20). The Bertz CT molecular complexity index is 650. The van der Waals surface area contributed by atoms with Gasteiger partial charge in [0.1, 0.15) is 11.6 Å². The summed E-state index contributed by atoms with van der Waals surface area (Å²) in [6, 6.07) is 7.46. The number of benzene rings is 1. The third kappa shape index (κ3) is 3.27. The van der Waals surface area contributed by atoms with E-state index in [4.69, 9.17) is 16.3 Å². The molecule has 2 aromatic rings. The molecule has 0 radical (unpaired) electrons. The van der Waals surface area contributed by atoms with Crippen LogP contribution in [0.4, 0.5) is 5.82 Å². The summed E-state index contributed by atoms with van der Waals surface area (Å²) in [6.07, 6.45) is 0. The lowest BCUT2D eigenvalue weighted by Crippen LogP contribution is -2.15. The van der Waals surface area contributed by atoms with Gasteiger partial charge in [0, 0.05) is 18.5 Å². The van der Waals surface area contributed by atoms with E-state index in [1.165, 1.54) is 0 Å². The predicted molar refractivity (Wildman–Crippen MR) is 87.3 cm³/mol. The fraction of sp³-hybridized carbons (Fsp3) is 0.375. The molecule has 0 unspecified atom stereocenters. The minimum Gasteiger partial charge on any atom is -0.496 e. The second kappa shape index (κ2) is 5.90. The maximum atomic E-state index is 6.32. The van der Waals surface area contributed by atoms with Crippen LogP contribution < -0.4 is 10.1 Å². The number of aromatic nitrogens is 2. The largest absolute Gasteiger partial charge is 0.496 e. The van der Waals surface area contributed by atoms with Gasteiger partial charge in [-0.05, 0) is 12.1 Å². The summed E-state index contributed by atoms with van der Waals surface area (Å²) >= 11 is 6.32. The van der Waals surface area contributed by atoms with E-state index in [0.717, 1.165) is 11.5 Å². The van der Waals surface area contributed by atoms with Crippen molar-refractivity contribution in [3.63, 3.8) is 0 Å². The molecule has 0 spiro atoms. The number of nitrogens with one attached hydrogen (secondary N) is 1. The molecule has 0 atom stereocenters. The van der Waals surface area contributed by atoms with Gasteiger partial charge in [-0.3, -0.25) is 0 Å². The van der Waals surface area contributed by atoms with Gasteiger partial charge in [0.2, 0.25) is 0 Å². The molecule has 0 aliphatic carbocycles. The molecule has 1 heterocycles. The zero-order valence-electron chi connectivity index (χ0n) is 13.0. The molecule has 0 fully saturated rings. The van der Waals surface area contributed by atoms with Crippen LogP contribution in [0.15, 0.2) is 24.3 Å². The van der Waals surface area contributed by atoms with E-state index in [-0.39, 0.29) is 5.41 Å². The molecule has 4 nitrogen and oxygen atoms in total. The van der Waals surface area contributed by atoms with Gasteiger partial charge in [0.05, 0.1) is 23.4 Å². The lowest BCUT2D eigenvalue weighted by atomic mass is 9.91. The topological polar surface area (TPSA) is 47.0 Å². The zero-order valence-corrected chi connectivity index (χ0v) is 13.7. The fourth-order valence-electron chi connectivity index (χ4n) is 1.96. The highest BCUT2D eigenvalue weighted by Crippen LogP contribution is 2.36. The maximum absolute atomic E-state index is 6.32. The molecule has 5 heteroatoms. The summed E-state index contributed by atoms with van der Waals surface area (Å²) in [6.45, 7) is 6.34. The van der Waals surface area contributed by atoms with Gasteiger partial charge in [-0.1, -0.05) is 38.4 Å². The van der Waals surface area contributed by atoms with Crippen LogP contribution in [-0.2, 0) is 5.41 Å². The second-order valence-electron chi connectivity index (χ2n) is 5.78. The van der Waals surface area contributed by atoms with Crippen LogP contribution in [0, 0.1) is 0 Å². The quantitative estimate of drug-likeness (QED) is 0.925. The van der Waals surface area contributed by atoms with Crippen LogP contribution in [-0.4, -0.2) is 24.1 Å². The summed E-state index contributed by atoms with van der Waals surface area (Å²) in [7, 11) is 3.45. The summed E-state index contributed by atoms with van der Waals surface area (Å²) in [5.74, 6) is 1.98. The van der Waals surface area contributed by atoms with Crippen molar-refractivity contribution in [2.75, 3.05) is 19.5 Å². The first kappa shape index (κ1) is 15.6. The van der Waals surface area contributed by atoms with Crippen molar-refractivity contribution in [3.05, 3.63) is 35.0 Å². The normalized spacial score (nSPS) is 11.3. The summed E-state index contributed by atoms with van der Waals surface area (Å²) in [5.41, 5.74) is 1.57. The number of anilines is 1. The van der Waals surface area contributed by atoms with E-state index in [1.807, 2.05) is 31.3 Å². The number of ether oxygens (including phenoxy) is 1. The Balaban J connectivity index is 2.70. The lowest BCUT2D eigenvalue weighted by molar-refractivity contribution is 0.416. The molecule has 1 aromatic heterocycles. The maximum Gasteiger partial charge on any atom is 0.167 e. The predicted octanol–water partition coefficient (Wildman–Crippen LogP) is 4.14. The van der Waals surface area contributed by atoms with Crippen LogP contribution in [0.3, 0.4) is 0 Å². The van der Waals surface area contributed by atoms with Gasteiger partial charge in [0.25, 0.3) is 0 Å². The number of rotatable bonds is 3. The fourth-order valence-corrected chi connectivity index (χ4v) is 2.21. The molecule has 21 heavy (non-hydrogen) atoms. The molecule has 2 rings (SSSR count). The number of halogens is 1. The highest BCUT2D eigenvalue weighted by molar-refractivity contribution is 6.33. The molecule has 0 aliphatic rings. The molecule has 0 saturated carbocycles. The SMILES string of the molecule is CNc1cc(C(C)(C)C)nc(-c2c(Cl)cccc2OC)n1. The van der Waals surface area contributed by atoms with Crippen molar-refractivity contribution in [2.45, 2.75) is 26.2 Å². The Morgan fingerprint density at radius 1 is 1.19 bits per heavy atom. The average Bonchev–Trinajstić information content (AvgIpc) is 2.45. The Hall–Kier alpha value is -1.81. The molecular weight excluding hydrogens is 286 g/mol. The third-order valence-electron chi connectivity index (χ3n) is 3.17. The van der Waals surface area contributed by atoms with Crippen LogP contribution in [0.2, 0.25) is 5.02 Å². The van der Waals surface area contributed by atoms with E-state index in [2.05, 4.69) is 36.1 Å². The van der Waals surface area contributed by atoms with E-state index >= 15 is 0 Å². The summed E-state index contributed by atoms with van der Waals surface area (Å²) in [5, 5.41) is 3.64. The molecule has 112 valence electrons. The lowest BCUT2D eigenvalue weighted by Gasteiger charge is -2.20. The van der Waals surface area contributed by atoms with E-state index < -0.39 is 0 Å². The first-order valence-corrected chi connectivity index (χ1v) is 7.15. The van der Waals surface area contributed by atoms with Crippen LogP contribution in [0.1, 0.15) is 26.5 Å². The average molecular weight is 306 g/mol. The molecule has 0 amide bonds. The molecule has 1 N–H and O–H groups in total. The first-order chi connectivity index (χ1) is 9.86. The number of hydrogen-bond acceptors (Lipinski definition) is 4. The van der Waals surface area contributed by atoms with Crippen molar-refractivity contribution < 1.29 is 4.74 Å². The van der Waals surface area contributed by atoms with Crippen LogP contribution in [0.25, 0.3) is 11.4 Å². The van der Waals surface area contributed by atoms with E-state index in [1.54, 1.807) is 7.11 Å². The van der Waals surface area contributed by atoms with Gasteiger partial charge >= 0.3 is 0 Å². The van der Waals surface area contributed by atoms with Crippen LogP contribution >= 0.6 is 11.6 Å². The smallest absolute Gasteiger partial charge is 0.167 e. The Labute approximate surface area is 130 Å². The number of nitrogens with zero attached hydrogens (tertiary/aromatic N) is 2. The van der Waals surface area contributed by atoms with Crippen molar-refractivity contribution in [1.29, 1.82) is 0 Å². The van der Waals surface area contributed by atoms with Crippen molar-refractivity contribution in [1.82, 2.24) is 9.97 Å². The van der Waals surface area contributed by atoms with Gasteiger partial charge in [-0.15, -0.1) is 0 Å². The Morgan fingerprint density at radius 2 is 1.90 bits per heavy atom. The number of methoxy groups -OCH3 is 1. The van der Waals surface area contributed by atoms with Gasteiger partial charge < -0.3 is 10.1 Å². The third-order valence-corrected chi connectivity index (χ3v) is 3.48. The minimum atomic E-state index is -0.0855. The van der Waals surface area contributed by atoms with Gasteiger partial charge in [-0.2, -0.15) is 0 Å². The van der Waals surface area contributed by atoms with Crippen molar-refractivity contribution in [2.24, 2.45) is 0 Å². The highest BCUT2D eigenvalue weighted by Gasteiger charge is 2.20. The van der Waals surface area contributed by atoms with Crippen LogP contribution in [0.5, 0.6) is 5.75 Å². The van der Waals surface area contributed by atoms with Gasteiger partial charge in [-0.25, -0.2) is 9.97 Å². The molecule has 1 aromatic carbocycles. The Morgan fingerprint density at radius 3 is 2.48 bits per heavy atom. The Kier molecular flexibility index (Phi) is 4.37. The van der Waals surface area contributed by atoms with E-state index in [0.29, 0.717) is 22.2 Å². The van der Waals surface area contributed by atoms with Crippen molar-refractivity contribution >= 4 is 17.4 Å². The van der Waals surface area contributed by atoms with Crippen molar-refractivity contribution in [3.8, 4) is 17.1 Å². The molecule has 0 saturated heterocycles. The minimum absolute atomic E-state index is 0.0855. The first-order valence-electron chi connectivity index (χ1n) is 6.77. The molecule has 0 aliphatic heterocycles. The molecule has 0 bridgehead atoms. The molecular formula is C16H20ClN3O. The summed E-state index contributed by atoms with van der Waals surface area (Å²) in [4.78, 5) is 9.20. The summed E-state index contributed by atoms with van der Waals surface area (Å²) < 4.78 is 5.39. The zero-order chi connectivity index (χ0) is 15.6. The van der Waals surface area contributed by atoms with E-state index in [9.17, 15) is 0 Å². The number of hydrogen-bond donors (Lipinski definition) is 1. The monoisotopic (exact) mass is 305 g/mol. The highest BCUT2D eigenvalue weighted by atomic mass is 35.5. The second-order valence-corrected chi connectivity index (χ2v) is 6.19.